The molecule has 20 heavy (non-hydrogen) atoms. The molecule has 2 atom stereocenters. The van der Waals surface area contributed by atoms with E-state index in [2.05, 4.69) is 15.2 Å². The highest BCUT2D eigenvalue weighted by molar-refractivity contribution is 7.11. The summed E-state index contributed by atoms with van der Waals surface area (Å²) >= 11 is 0.763. The van der Waals surface area contributed by atoms with Gasteiger partial charge >= 0.3 is 6.18 Å². The molecule has 3 rings (SSSR count). The second-order valence-corrected chi connectivity index (χ2v) is 6.43. The molecule has 2 aliphatic rings. The molecule has 0 radical (unpaired) electrons. The van der Waals surface area contributed by atoms with Crippen LogP contribution in [0.25, 0.3) is 0 Å². The van der Waals surface area contributed by atoms with E-state index in [9.17, 15) is 13.2 Å². The summed E-state index contributed by atoms with van der Waals surface area (Å²) in [4.78, 5) is 6.43. The Bertz CT molecular complexity index is 439. The highest BCUT2D eigenvalue weighted by Crippen LogP contribution is 2.33. The van der Waals surface area contributed by atoms with Crippen molar-refractivity contribution in [2.75, 3.05) is 13.1 Å². The Hall–Kier alpha value is -0.370. The molecule has 1 aromatic heterocycles. The summed E-state index contributed by atoms with van der Waals surface area (Å²) in [7, 11) is 0. The van der Waals surface area contributed by atoms with Crippen LogP contribution in [0.5, 0.6) is 0 Å². The van der Waals surface area contributed by atoms with Crippen molar-refractivity contribution in [3.8, 4) is 0 Å². The lowest BCUT2D eigenvalue weighted by molar-refractivity contribution is -0.137. The first kappa shape index (κ1) is 16.0. The van der Waals surface area contributed by atoms with Gasteiger partial charge in [-0.2, -0.15) is 13.2 Å². The first-order valence-corrected chi connectivity index (χ1v) is 7.32. The Labute approximate surface area is 126 Å². The van der Waals surface area contributed by atoms with Crippen molar-refractivity contribution in [1.29, 1.82) is 0 Å². The molecule has 0 saturated carbocycles. The van der Waals surface area contributed by atoms with Gasteiger partial charge in [0.1, 0.15) is 0 Å². The average molecular weight is 328 g/mol. The van der Waals surface area contributed by atoms with Crippen LogP contribution in [-0.2, 0) is 12.7 Å². The third-order valence-electron chi connectivity index (χ3n) is 3.71. The summed E-state index contributed by atoms with van der Waals surface area (Å²) in [6.07, 6.45) is 0.649. The third-order valence-corrected chi connectivity index (χ3v) is 4.74. The Balaban J connectivity index is 0.00000147. The summed E-state index contributed by atoms with van der Waals surface area (Å²) in [6, 6.07) is 1.00. The number of hydrogen-bond donors (Lipinski definition) is 1. The van der Waals surface area contributed by atoms with Gasteiger partial charge in [0.15, 0.2) is 5.01 Å². The standard InChI is InChI=1S/C12H16F3N3S.ClH/c13-12(14,15)11-16-4-10(19-11)7-18-5-8-2-1-3-9(6-18)17-8;/h4,8-9,17H,1-3,5-7H2;1H. The predicted molar refractivity (Wildman–Crippen MR) is 74.2 cm³/mol. The molecule has 2 saturated heterocycles. The number of alkyl halides is 3. The molecule has 8 heteroatoms. The van der Waals surface area contributed by atoms with Crippen LogP contribution in [0.15, 0.2) is 6.20 Å². The molecule has 0 aliphatic carbocycles. The van der Waals surface area contributed by atoms with Crippen LogP contribution in [0, 0.1) is 0 Å². The van der Waals surface area contributed by atoms with Crippen LogP contribution >= 0.6 is 23.7 Å². The van der Waals surface area contributed by atoms with Crippen molar-refractivity contribution in [1.82, 2.24) is 15.2 Å². The van der Waals surface area contributed by atoms with Gasteiger partial charge in [-0.05, 0) is 12.8 Å². The zero-order valence-corrected chi connectivity index (χ0v) is 12.5. The number of fused-ring (bicyclic) bond motifs is 2. The van der Waals surface area contributed by atoms with Gasteiger partial charge in [-0.25, -0.2) is 4.98 Å². The van der Waals surface area contributed by atoms with Crippen molar-refractivity contribution in [3.63, 3.8) is 0 Å². The normalized spacial score (nSPS) is 27.1. The minimum absolute atomic E-state index is 0. The number of thiazole rings is 1. The lowest BCUT2D eigenvalue weighted by Crippen LogP contribution is -2.58. The third kappa shape index (κ3) is 3.63. The van der Waals surface area contributed by atoms with Gasteiger partial charge in [0.05, 0.1) is 0 Å². The topological polar surface area (TPSA) is 28.2 Å². The summed E-state index contributed by atoms with van der Waals surface area (Å²) < 4.78 is 37.5. The smallest absolute Gasteiger partial charge is 0.309 e. The summed E-state index contributed by atoms with van der Waals surface area (Å²) in [5.41, 5.74) is 0. The summed E-state index contributed by atoms with van der Waals surface area (Å²) in [5, 5.41) is 2.83. The fourth-order valence-electron chi connectivity index (χ4n) is 2.96. The first-order valence-electron chi connectivity index (χ1n) is 6.51. The summed E-state index contributed by atoms with van der Waals surface area (Å²) in [6.45, 7) is 2.44. The van der Waals surface area contributed by atoms with Crippen molar-refractivity contribution in [3.05, 3.63) is 16.1 Å². The van der Waals surface area contributed by atoms with Crippen LogP contribution in [0.1, 0.15) is 29.1 Å². The van der Waals surface area contributed by atoms with E-state index < -0.39 is 11.2 Å². The Kier molecular flexibility index (Phi) is 4.94. The Morgan fingerprint density at radius 2 is 1.95 bits per heavy atom. The van der Waals surface area contributed by atoms with E-state index in [-0.39, 0.29) is 12.4 Å². The maximum atomic E-state index is 12.5. The predicted octanol–water partition coefficient (Wildman–Crippen LogP) is 2.91. The lowest BCUT2D eigenvalue weighted by Gasteiger charge is -2.42. The van der Waals surface area contributed by atoms with Crippen molar-refractivity contribution in [2.45, 2.75) is 44.1 Å². The molecule has 114 valence electrons. The van der Waals surface area contributed by atoms with Crippen molar-refractivity contribution < 1.29 is 13.2 Å². The van der Waals surface area contributed by atoms with E-state index in [1.807, 2.05) is 0 Å². The number of aromatic nitrogens is 1. The Morgan fingerprint density at radius 3 is 2.50 bits per heavy atom. The molecule has 2 unspecified atom stereocenters. The van der Waals surface area contributed by atoms with E-state index >= 15 is 0 Å². The zero-order chi connectivity index (χ0) is 13.5. The SMILES string of the molecule is Cl.FC(F)(F)c1ncc(CN2CC3CCCC(C2)N3)s1. The van der Waals surface area contributed by atoms with Crippen LogP contribution in [0.2, 0.25) is 0 Å². The first-order chi connectivity index (χ1) is 9.00. The van der Waals surface area contributed by atoms with Crippen LogP contribution in [-0.4, -0.2) is 35.1 Å². The number of piperazine rings is 1. The van der Waals surface area contributed by atoms with Gasteiger partial charge in [0, 0.05) is 42.8 Å². The number of nitrogens with zero attached hydrogens (tertiary/aromatic N) is 2. The summed E-state index contributed by atoms with van der Waals surface area (Å²) in [5.74, 6) is 0. The van der Waals surface area contributed by atoms with Crippen LogP contribution in [0.3, 0.4) is 0 Å². The van der Waals surface area contributed by atoms with Crippen molar-refractivity contribution in [2.24, 2.45) is 0 Å². The molecule has 1 aromatic rings. The van der Waals surface area contributed by atoms with E-state index in [0.717, 1.165) is 24.4 Å². The number of piperidine rings is 1. The maximum Gasteiger partial charge on any atom is 0.443 e. The molecule has 3 nitrogen and oxygen atoms in total. The molecule has 3 heterocycles. The number of nitrogens with one attached hydrogen (secondary N) is 1. The second-order valence-electron chi connectivity index (χ2n) is 5.31. The maximum absolute atomic E-state index is 12.5. The highest BCUT2D eigenvalue weighted by Gasteiger charge is 2.35. The average Bonchev–Trinajstić information content (AvgIpc) is 2.76. The molecule has 0 aromatic carbocycles. The molecular formula is C12H17ClF3N3S. The number of rotatable bonds is 2. The quantitative estimate of drug-likeness (QED) is 0.905. The molecule has 1 N–H and O–H groups in total. The van der Waals surface area contributed by atoms with E-state index in [1.165, 1.54) is 25.5 Å². The molecule has 2 fully saturated rings. The van der Waals surface area contributed by atoms with E-state index in [0.29, 0.717) is 23.5 Å². The van der Waals surface area contributed by atoms with Gasteiger partial charge in [-0.15, -0.1) is 23.7 Å². The minimum Gasteiger partial charge on any atom is -0.309 e. The van der Waals surface area contributed by atoms with Crippen LogP contribution < -0.4 is 5.32 Å². The Morgan fingerprint density at radius 1 is 1.30 bits per heavy atom. The largest absolute Gasteiger partial charge is 0.443 e. The highest BCUT2D eigenvalue weighted by atomic mass is 35.5. The fraction of sp³-hybridized carbons (Fsp3) is 0.750. The van der Waals surface area contributed by atoms with Crippen molar-refractivity contribution >= 4 is 23.7 Å². The molecule has 0 amide bonds. The number of hydrogen-bond acceptors (Lipinski definition) is 4. The fourth-order valence-corrected chi connectivity index (χ4v) is 3.78. The van der Waals surface area contributed by atoms with Gasteiger partial charge in [-0.1, -0.05) is 6.42 Å². The number of likely N-dealkylation sites (tertiary alicyclic amines) is 1. The number of halogens is 4. The molecule has 2 bridgehead atoms. The monoisotopic (exact) mass is 327 g/mol. The molecular weight excluding hydrogens is 311 g/mol. The van der Waals surface area contributed by atoms with Crippen LogP contribution in [0.4, 0.5) is 13.2 Å². The van der Waals surface area contributed by atoms with E-state index in [4.69, 9.17) is 0 Å². The molecule has 0 spiro atoms. The lowest BCUT2D eigenvalue weighted by atomic mass is 9.94. The molecule has 2 aliphatic heterocycles. The van der Waals surface area contributed by atoms with Gasteiger partial charge in [0.2, 0.25) is 0 Å². The van der Waals surface area contributed by atoms with E-state index in [1.54, 1.807) is 0 Å². The van der Waals surface area contributed by atoms with Gasteiger partial charge < -0.3 is 5.32 Å². The second kappa shape index (κ2) is 6.17. The minimum atomic E-state index is -4.32. The van der Waals surface area contributed by atoms with Gasteiger partial charge in [-0.3, -0.25) is 4.90 Å². The van der Waals surface area contributed by atoms with Gasteiger partial charge in [0.25, 0.3) is 0 Å². The zero-order valence-electron chi connectivity index (χ0n) is 10.8.